The van der Waals surface area contributed by atoms with Crippen LogP contribution in [0.5, 0.6) is 0 Å². The summed E-state index contributed by atoms with van der Waals surface area (Å²) < 4.78 is 20.1. The predicted molar refractivity (Wildman–Crippen MR) is 129 cm³/mol. The average molecular weight is 476 g/mol. The molecule has 1 aliphatic rings. The SMILES string of the molecule is CC(=O)NC[C@H]1CN(c2ccc(-c3ccc(CNCCSCC(C)O)cc3)c(F)c2)C(=O)O1. The molecule has 0 aliphatic carbocycles. The van der Waals surface area contributed by atoms with Gasteiger partial charge in [0.2, 0.25) is 5.91 Å². The van der Waals surface area contributed by atoms with Crippen LogP contribution in [0.4, 0.5) is 14.9 Å². The Morgan fingerprint density at radius 3 is 2.73 bits per heavy atom. The minimum atomic E-state index is -0.557. The van der Waals surface area contributed by atoms with Crippen molar-refractivity contribution in [2.75, 3.05) is 36.0 Å². The fourth-order valence-electron chi connectivity index (χ4n) is 3.44. The van der Waals surface area contributed by atoms with E-state index in [1.807, 2.05) is 24.3 Å². The van der Waals surface area contributed by atoms with E-state index in [0.29, 0.717) is 17.8 Å². The zero-order valence-electron chi connectivity index (χ0n) is 18.8. The van der Waals surface area contributed by atoms with Crippen molar-refractivity contribution in [2.45, 2.75) is 32.6 Å². The number of thioether (sulfide) groups is 1. The van der Waals surface area contributed by atoms with Crippen LogP contribution in [0, 0.1) is 5.82 Å². The molecule has 0 spiro atoms. The summed E-state index contributed by atoms with van der Waals surface area (Å²) in [5.41, 5.74) is 2.72. The first kappa shape index (κ1) is 25.0. The van der Waals surface area contributed by atoms with Crippen LogP contribution < -0.4 is 15.5 Å². The van der Waals surface area contributed by atoms with Gasteiger partial charge in [0, 0.05) is 37.1 Å². The molecule has 2 aromatic carbocycles. The highest BCUT2D eigenvalue weighted by Crippen LogP contribution is 2.29. The molecule has 3 N–H and O–H groups in total. The predicted octanol–water partition coefficient (Wildman–Crippen LogP) is 3.16. The minimum absolute atomic E-state index is 0.201. The zero-order chi connectivity index (χ0) is 23.8. The van der Waals surface area contributed by atoms with E-state index < -0.39 is 18.0 Å². The van der Waals surface area contributed by atoms with Crippen molar-refractivity contribution < 1.29 is 23.8 Å². The number of nitrogens with zero attached hydrogens (tertiary/aromatic N) is 1. The number of nitrogens with one attached hydrogen (secondary N) is 2. The standard InChI is InChI=1S/C24H30FN3O4S/c1-16(29)15-33-10-9-26-12-18-3-5-19(6-4-18)22-8-7-20(11-23(22)25)28-14-21(32-24(28)31)13-27-17(2)30/h3-8,11,16,21,26,29H,9-10,12-15H2,1-2H3,(H,27,30)/t16?,21-/m0/s1. The maximum atomic E-state index is 14.9. The summed E-state index contributed by atoms with van der Waals surface area (Å²) in [5.74, 6) is 1.04. The quantitative estimate of drug-likeness (QED) is 0.433. The number of hydrogen-bond donors (Lipinski definition) is 3. The molecule has 7 nitrogen and oxygen atoms in total. The molecule has 0 radical (unpaired) electrons. The first-order valence-electron chi connectivity index (χ1n) is 10.9. The fraction of sp³-hybridized carbons (Fsp3) is 0.417. The summed E-state index contributed by atoms with van der Waals surface area (Å²) in [5, 5.41) is 15.2. The number of rotatable bonds is 11. The maximum Gasteiger partial charge on any atom is 0.414 e. The van der Waals surface area contributed by atoms with Gasteiger partial charge in [-0.2, -0.15) is 11.8 Å². The van der Waals surface area contributed by atoms with Crippen LogP contribution in [-0.4, -0.2) is 60.5 Å². The molecule has 9 heteroatoms. The second-order valence-electron chi connectivity index (χ2n) is 8.02. The van der Waals surface area contributed by atoms with Gasteiger partial charge in [0.1, 0.15) is 11.9 Å². The van der Waals surface area contributed by atoms with Crippen molar-refractivity contribution in [3.05, 3.63) is 53.8 Å². The van der Waals surface area contributed by atoms with E-state index in [-0.39, 0.29) is 25.1 Å². The topological polar surface area (TPSA) is 90.9 Å². The van der Waals surface area contributed by atoms with Crippen LogP contribution in [0.15, 0.2) is 42.5 Å². The van der Waals surface area contributed by atoms with Gasteiger partial charge in [-0.05, 0) is 36.2 Å². The third-order valence-corrected chi connectivity index (χ3v) is 6.30. The summed E-state index contributed by atoms with van der Waals surface area (Å²) in [4.78, 5) is 24.6. The third kappa shape index (κ3) is 7.45. The largest absolute Gasteiger partial charge is 0.442 e. The first-order chi connectivity index (χ1) is 15.8. The first-order valence-corrected chi connectivity index (χ1v) is 12.1. The molecule has 33 heavy (non-hydrogen) atoms. The summed E-state index contributed by atoms with van der Waals surface area (Å²) in [6.45, 7) is 5.21. The van der Waals surface area contributed by atoms with Gasteiger partial charge < -0.3 is 20.5 Å². The molecular formula is C24H30FN3O4S. The minimum Gasteiger partial charge on any atom is -0.442 e. The van der Waals surface area contributed by atoms with Gasteiger partial charge in [-0.15, -0.1) is 0 Å². The number of amides is 2. The van der Waals surface area contributed by atoms with E-state index in [2.05, 4.69) is 10.6 Å². The molecule has 1 saturated heterocycles. The van der Waals surface area contributed by atoms with Crippen molar-refractivity contribution in [2.24, 2.45) is 0 Å². The fourth-order valence-corrected chi connectivity index (χ4v) is 4.23. The molecule has 3 rings (SSSR count). The van der Waals surface area contributed by atoms with Crippen molar-refractivity contribution in [1.29, 1.82) is 0 Å². The van der Waals surface area contributed by atoms with E-state index >= 15 is 0 Å². The Bertz CT molecular complexity index is 955. The third-order valence-electron chi connectivity index (χ3n) is 5.09. The number of anilines is 1. The monoisotopic (exact) mass is 475 g/mol. The summed E-state index contributed by atoms with van der Waals surface area (Å²) in [6, 6.07) is 12.4. The molecule has 1 aliphatic heterocycles. The highest BCUT2D eigenvalue weighted by molar-refractivity contribution is 7.99. The molecule has 2 amide bonds. The number of carbonyl (C=O) groups excluding carboxylic acids is 2. The number of hydrogen-bond acceptors (Lipinski definition) is 6. The Morgan fingerprint density at radius 1 is 1.30 bits per heavy atom. The summed E-state index contributed by atoms with van der Waals surface area (Å²) >= 11 is 1.71. The lowest BCUT2D eigenvalue weighted by Gasteiger charge is -2.15. The lowest BCUT2D eigenvalue weighted by Crippen LogP contribution is -2.33. The van der Waals surface area contributed by atoms with Gasteiger partial charge >= 0.3 is 6.09 Å². The number of halogens is 1. The van der Waals surface area contributed by atoms with Crippen molar-refractivity contribution in [1.82, 2.24) is 10.6 Å². The molecular weight excluding hydrogens is 445 g/mol. The molecule has 1 fully saturated rings. The number of cyclic esters (lactones) is 1. The normalized spacial score (nSPS) is 16.5. The number of carbonyl (C=O) groups is 2. The van der Waals surface area contributed by atoms with Gasteiger partial charge in [-0.25, -0.2) is 9.18 Å². The van der Waals surface area contributed by atoms with Crippen LogP contribution >= 0.6 is 11.8 Å². The Labute approximate surface area is 197 Å². The molecule has 1 unspecified atom stereocenters. The number of aliphatic hydroxyl groups excluding tert-OH is 1. The molecule has 2 atom stereocenters. The molecule has 0 aromatic heterocycles. The second-order valence-corrected chi connectivity index (χ2v) is 9.17. The van der Waals surface area contributed by atoms with E-state index in [0.717, 1.165) is 29.2 Å². The van der Waals surface area contributed by atoms with Crippen LogP contribution in [0.1, 0.15) is 19.4 Å². The highest BCUT2D eigenvalue weighted by Gasteiger charge is 2.32. The smallest absolute Gasteiger partial charge is 0.414 e. The Hall–Kier alpha value is -2.62. The van der Waals surface area contributed by atoms with E-state index in [1.54, 1.807) is 30.8 Å². The van der Waals surface area contributed by atoms with Gasteiger partial charge in [0.25, 0.3) is 0 Å². The number of aliphatic hydroxyl groups is 1. The Morgan fingerprint density at radius 2 is 2.06 bits per heavy atom. The van der Waals surface area contributed by atoms with Gasteiger partial charge in [0.05, 0.1) is 24.9 Å². The molecule has 0 bridgehead atoms. The Balaban J connectivity index is 1.55. The molecule has 2 aromatic rings. The number of ether oxygens (including phenoxy) is 1. The summed E-state index contributed by atoms with van der Waals surface area (Å²) in [6.07, 6.45) is -1.31. The van der Waals surface area contributed by atoms with E-state index in [9.17, 15) is 19.1 Å². The van der Waals surface area contributed by atoms with Crippen molar-refractivity contribution in [3.63, 3.8) is 0 Å². The van der Waals surface area contributed by atoms with Gasteiger partial charge in [-0.3, -0.25) is 9.69 Å². The molecule has 1 heterocycles. The van der Waals surface area contributed by atoms with Gasteiger partial charge in [-0.1, -0.05) is 24.3 Å². The second kappa shape index (κ2) is 12.0. The maximum absolute atomic E-state index is 14.9. The van der Waals surface area contributed by atoms with Crippen LogP contribution in [0.25, 0.3) is 11.1 Å². The van der Waals surface area contributed by atoms with Crippen LogP contribution in [-0.2, 0) is 16.1 Å². The lowest BCUT2D eigenvalue weighted by atomic mass is 10.0. The number of benzene rings is 2. The summed E-state index contributed by atoms with van der Waals surface area (Å²) in [7, 11) is 0. The highest BCUT2D eigenvalue weighted by atomic mass is 32.2. The van der Waals surface area contributed by atoms with E-state index in [1.165, 1.54) is 17.9 Å². The van der Waals surface area contributed by atoms with Crippen LogP contribution in [0.3, 0.4) is 0 Å². The zero-order valence-corrected chi connectivity index (χ0v) is 19.7. The van der Waals surface area contributed by atoms with Crippen LogP contribution in [0.2, 0.25) is 0 Å². The lowest BCUT2D eigenvalue weighted by molar-refractivity contribution is -0.119. The van der Waals surface area contributed by atoms with E-state index in [4.69, 9.17) is 4.74 Å². The molecule has 0 saturated carbocycles. The van der Waals surface area contributed by atoms with Crippen molar-refractivity contribution in [3.8, 4) is 11.1 Å². The Kier molecular flexibility index (Phi) is 9.11. The average Bonchev–Trinajstić information content (AvgIpc) is 3.15. The van der Waals surface area contributed by atoms with Crippen molar-refractivity contribution >= 4 is 29.4 Å². The molecule has 178 valence electrons. The van der Waals surface area contributed by atoms with Gasteiger partial charge in [0.15, 0.2) is 0 Å².